The molecule has 0 spiro atoms. The summed E-state index contributed by atoms with van der Waals surface area (Å²) in [6, 6.07) is 11.0. The number of aryl methyl sites for hydroxylation is 1. The molecule has 0 unspecified atom stereocenters. The summed E-state index contributed by atoms with van der Waals surface area (Å²) in [6.45, 7) is 4.72. The first-order valence-corrected chi connectivity index (χ1v) is 10.4. The van der Waals surface area contributed by atoms with Crippen LogP contribution in [-0.2, 0) is 23.9 Å². The Balaban J connectivity index is 1.62. The number of benzene rings is 2. The van der Waals surface area contributed by atoms with Crippen LogP contribution in [0.5, 0.6) is 0 Å². The van der Waals surface area contributed by atoms with Crippen LogP contribution < -0.4 is 21.3 Å². The molecule has 1 aliphatic heterocycles. The summed E-state index contributed by atoms with van der Waals surface area (Å²) in [7, 11) is 0. The Bertz CT molecular complexity index is 1200. The number of para-hydroxylation sites is 1. The van der Waals surface area contributed by atoms with Gasteiger partial charge in [-0.15, -0.1) is 0 Å². The summed E-state index contributed by atoms with van der Waals surface area (Å²) in [6.07, 6.45) is -3.63. The summed E-state index contributed by atoms with van der Waals surface area (Å²) < 4.78 is 40.8. The Labute approximate surface area is 188 Å². The van der Waals surface area contributed by atoms with Crippen LogP contribution in [0.2, 0.25) is 0 Å². The molecule has 33 heavy (non-hydrogen) atoms. The van der Waals surface area contributed by atoms with Crippen molar-refractivity contribution in [3.63, 3.8) is 0 Å². The smallest absolute Gasteiger partial charge is 0.385 e. The van der Waals surface area contributed by atoms with E-state index in [9.17, 15) is 18.0 Å². The zero-order chi connectivity index (χ0) is 23.6. The Morgan fingerprint density at radius 1 is 1.12 bits per heavy atom. The summed E-state index contributed by atoms with van der Waals surface area (Å²) >= 11 is 0. The van der Waals surface area contributed by atoms with Gasteiger partial charge in [0.1, 0.15) is 11.4 Å². The number of fused-ring (bicyclic) bond motifs is 1. The number of amides is 1. The Kier molecular flexibility index (Phi) is 6.08. The molecule has 0 saturated carbocycles. The van der Waals surface area contributed by atoms with Crippen molar-refractivity contribution in [2.45, 2.75) is 33.0 Å². The van der Waals surface area contributed by atoms with E-state index in [4.69, 9.17) is 0 Å². The van der Waals surface area contributed by atoms with Crippen molar-refractivity contribution in [1.29, 1.82) is 0 Å². The first-order valence-electron chi connectivity index (χ1n) is 10.4. The lowest BCUT2D eigenvalue weighted by Crippen LogP contribution is -2.15. The Morgan fingerprint density at radius 2 is 1.94 bits per heavy atom. The van der Waals surface area contributed by atoms with Crippen molar-refractivity contribution in [2.75, 3.05) is 27.8 Å². The minimum atomic E-state index is -4.62. The molecule has 0 bridgehead atoms. The van der Waals surface area contributed by atoms with Crippen molar-refractivity contribution in [3.05, 3.63) is 64.8 Å². The second-order valence-corrected chi connectivity index (χ2v) is 7.69. The fourth-order valence-electron chi connectivity index (χ4n) is 3.64. The van der Waals surface area contributed by atoms with Gasteiger partial charge in [0.25, 0.3) is 0 Å². The molecule has 10 heteroatoms. The number of carbonyl (C=O) groups excluding carboxylic acids is 1. The highest BCUT2D eigenvalue weighted by Gasteiger charge is 2.35. The number of alkyl halides is 3. The maximum absolute atomic E-state index is 13.6. The van der Waals surface area contributed by atoms with Crippen LogP contribution >= 0.6 is 0 Å². The summed E-state index contributed by atoms with van der Waals surface area (Å²) in [5.41, 5.74) is 3.63. The maximum Gasteiger partial charge on any atom is 0.421 e. The molecule has 0 saturated heterocycles. The molecule has 2 heterocycles. The van der Waals surface area contributed by atoms with Crippen LogP contribution in [-0.4, -0.2) is 22.4 Å². The number of nitrogens with zero attached hydrogens (tertiary/aromatic N) is 2. The highest BCUT2D eigenvalue weighted by molar-refractivity contribution is 6.03. The summed E-state index contributed by atoms with van der Waals surface area (Å²) in [5, 5.41) is 11.7. The standard InChI is InChI=1S/C23H23F3N6O/c1-3-27-18-9-13(2)7-8-15(18)11-28-21-16(23(24,25)26)12-29-22(32-21)30-17-6-4-5-14-10-19(33)31-20(14)17/h4-9,12,27H,3,10-11H2,1-2H3,(H,31,33)(H2,28,29,30,32). The number of hydrogen-bond acceptors (Lipinski definition) is 6. The molecular formula is C23H23F3N6O. The lowest BCUT2D eigenvalue weighted by atomic mass is 10.1. The number of halogens is 3. The Hall–Kier alpha value is -3.82. The monoisotopic (exact) mass is 456 g/mol. The number of anilines is 5. The van der Waals surface area contributed by atoms with Crippen molar-refractivity contribution >= 4 is 34.7 Å². The molecular weight excluding hydrogens is 433 g/mol. The quantitative estimate of drug-likeness (QED) is 0.396. The molecule has 0 fully saturated rings. The molecule has 0 aliphatic carbocycles. The van der Waals surface area contributed by atoms with Crippen LogP contribution in [0.1, 0.15) is 29.2 Å². The Morgan fingerprint density at radius 3 is 2.70 bits per heavy atom. The van der Waals surface area contributed by atoms with Crippen molar-refractivity contribution in [2.24, 2.45) is 0 Å². The van der Waals surface area contributed by atoms with E-state index in [0.29, 0.717) is 17.9 Å². The van der Waals surface area contributed by atoms with E-state index >= 15 is 0 Å². The SMILES string of the molecule is CCNc1cc(C)ccc1CNc1nc(Nc2cccc3c2NC(=O)C3)ncc1C(F)(F)F. The number of nitrogens with one attached hydrogen (secondary N) is 4. The normalized spacial score (nSPS) is 12.8. The van der Waals surface area contributed by atoms with Crippen LogP contribution in [0.15, 0.2) is 42.6 Å². The topological polar surface area (TPSA) is 91.0 Å². The van der Waals surface area contributed by atoms with Gasteiger partial charge in [0.2, 0.25) is 11.9 Å². The maximum atomic E-state index is 13.6. The molecule has 1 aliphatic rings. The molecule has 0 atom stereocenters. The van der Waals surface area contributed by atoms with Crippen molar-refractivity contribution in [3.8, 4) is 0 Å². The minimum absolute atomic E-state index is 0.0177. The van der Waals surface area contributed by atoms with Crippen LogP contribution in [0.25, 0.3) is 0 Å². The number of hydrogen-bond donors (Lipinski definition) is 4. The minimum Gasteiger partial charge on any atom is -0.385 e. The molecule has 0 radical (unpaired) electrons. The average molecular weight is 456 g/mol. The van der Waals surface area contributed by atoms with Gasteiger partial charge in [-0.25, -0.2) is 4.98 Å². The fourth-order valence-corrected chi connectivity index (χ4v) is 3.64. The van der Waals surface area contributed by atoms with Gasteiger partial charge in [0.15, 0.2) is 0 Å². The third-order valence-electron chi connectivity index (χ3n) is 5.19. The first-order chi connectivity index (χ1) is 15.7. The van der Waals surface area contributed by atoms with E-state index in [2.05, 4.69) is 31.2 Å². The van der Waals surface area contributed by atoms with Gasteiger partial charge in [-0.1, -0.05) is 24.3 Å². The van der Waals surface area contributed by atoms with Crippen LogP contribution in [0.3, 0.4) is 0 Å². The predicted octanol–water partition coefficient (Wildman–Crippen LogP) is 5.09. The molecule has 3 aromatic rings. The van der Waals surface area contributed by atoms with Crippen molar-refractivity contribution < 1.29 is 18.0 Å². The lowest BCUT2D eigenvalue weighted by Gasteiger charge is -2.17. The van der Waals surface area contributed by atoms with Gasteiger partial charge < -0.3 is 21.3 Å². The molecule has 4 N–H and O–H groups in total. The lowest BCUT2D eigenvalue weighted by molar-refractivity contribution is -0.137. The molecule has 1 amide bonds. The van der Waals surface area contributed by atoms with Gasteiger partial charge in [0.05, 0.1) is 17.8 Å². The van der Waals surface area contributed by atoms with Crippen LogP contribution in [0.4, 0.5) is 42.0 Å². The summed E-state index contributed by atoms with van der Waals surface area (Å²) in [4.78, 5) is 19.7. The largest absolute Gasteiger partial charge is 0.421 e. The van der Waals surface area contributed by atoms with E-state index in [1.54, 1.807) is 12.1 Å². The molecule has 2 aromatic carbocycles. The second-order valence-electron chi connectivity index (χ2n) is 7.69. The van der Waals surface area contributed by atoms with E-state index < -0.39 is 11.7 Å². The predicted molar refractivity (Wildman–Crippen MR) is 122 cm³/mol. The number of carbonyl (C=O) groups is 1. The molecule has 7 nitrogen and oxygen atoms in total. The van der Waals surface area contributed by atoms with E-state index in [-0.39, 0.29) is 30.6 Å². The van der Waals surface area contributed by atoms with Gasteiger partial charge in [0, 0.05) is 25.0 Å². The van der Waals surface area contributed by atoms with Gasteiger partial charge in [-0.3, -0.25) is 4.79 Å². The third-order valence-corrected chi connectivity index (χ3v) is 5.19. The van der Waals surface area contributed by atoms with Crippen molar-refractivity contribution in [1.82, 2.24) is 9.97 Å². The zero-order valence-electron chi connectivity index (χ0n) is 18.1. The number of rotatable bonds is 7. The van der Waals surface area contributed by atoms with E-state index in [1.807, 2.05) is 38.1 Å². The second kappa shape index (κ2) is 8.97. The molecule has 4 rings (SSSR count). The molecule has 1 aromatic heterocycles. The average Bonchev–Trinajstić information content (AvgIpc) is 3.14. The van der Waals surface area contributed by atoms with Gasteiger partial charge >= 0.3 is 6.18 Å². The van der Waals surface area contributed by atoms with Gasteiger partial charge in [-0.2, -0.15) is 18.2 Å². The van der Waals surface area contributed by atoms with Gasteiger partial charge in [-0.05, 0) is 42.7 Å². The van der Waals surface area contributed by atoms with E-state index in [0.717, 1.165) is 28.6 Å². The first kappa shape index (κ1) is 22.4. The van der Waals surface area contributed by atoms with Crippen LogP contribution in [0, 0.1) is 6.92 Å². The number of aromatic nitrogens is 2. The highest BCUT2D eigenvalue weighted by Crippen LogP contribution is 2.36. The fraction of sp³-hybridized carbons (Fsp3) is 0.261. The zero-order valence-corrected chi connectivity index (χ0v) is 18.1. The molecule has 172 valence electrons. The third kappa shape index (κ3) is 5.00. The highest BCUT2D eigenvalue weighted by atomic mass is 19.4. The summed E-state index contributed by atoms with van der Waals surface area (Å²) in [5.74, 6) is -0.500. The van der Waals surface area contributed by atoms with E-state index in [1.165, 1.54) is 0 Å².